The first-order valence-electron chi connectivity index (χ1n) is 6.40. The molecule has 1 N–H and O–H groups in total. The van der Waals surface area contributed by atoms with Crippen LogP contribution in [0.4, 0.5) is 0 Å². The molecule has 0 bridgehead atoms. The first-order valence-corrected chi connectivity index (χ1v) is 6.40. The lowest BCUT2D eigenvalue weighted by atomic mass is 10.0. The van der Waals surface area contributed by atoms with Crippen molar-refractivity contribution in [2.24, 2.45) is 0 Å². The molecule has 2 heteroatoms. The van der Waals surface area contributed by atoms with Crippen LogP contribution in [-0.2, 0) is 4.84 Å². The molecule has 2 aromatic rings. The molecule has 94 valence electrons. The van der Waals surface area contributed by atoms with Gasteiger partial charge < -0.3 is 0 Å². The number of hydrogen-bond acceptors (Lipinski definition) is 2. The molecule has 2 aromatic carbocycles. The van der Waals surface area contributed by atoms with E-state index >= 15 is 0 Å². The fourth-order valence-electron chi connectivity index (χ4n) is 1.83. The van der Waals surface area contributed by atoms with Crippen molar-refractivity contribution in [3.63, 3.8) is 0 Å². The van der Waals surface area contributed by atoms with Gasteiger partial charge in [0.15, 0.2) is 0 Å². The maximum atomic E-state index is 5.80. The summed E-state index contributed by atoms with van der Waals surface area (Å²) in [6, 6.07) is 20.5. The maximum Gasteiger partial charge on any atom is 0.129 e. The molecule has 0 unspecified atom stereocenters. The Morgan fingerprint density at radius 2 is 1.39 bits per heavy atom. The monoisotopic (exact) mass is 241 g/mol. The lowest BCUT2D eigenvalue weighted by molar-refractivity contribution is -0.00443. The van der Waals surface area contributed by atoms with E-state index in [2.05, 4.69) is 36.7 Å². The van der Waals surface area contributed by atoms with Crippen LogP contribution < -0.4 is 5.48 Å². The van der Waals surface area contributed by atoms with Gasteiger partial charge in [0.2, 0.25) is 0 Å². The van der Waals surface area contributed by atoms with E-state index in [-0.39, 0.29) is 6.10 Å². The van der Waals surface area contributed by atoms with Crippen molar-refractivity contribution >= 4 is 0 Å². The highest BCUT2D eigenvalue weighted by Gasteiger charge is 2.13. The Kier molecular flexibility index (Phi) is 4.94. The summed E-state index contributed by atoms with van der Waals surface area (Å²) in [6.07, 6.45) is 0.995. The fraction of sp³-hybridized carbons (Fsp3) is 0.250. The molecule has 2 nitrogen and oxygen atoms in total. The highest BCUT2D eigenvalue weighted by molar-refractivity contribution is 5.29. The van der Waals surface area contributed by atoms with Crippen molar-refractivity contribution in [3.8, 4) is 0 Å². The summed E-state index contributed by atoms with van der Waals surface area (Å²) in [5.74, 6) is 0. The molecule has 0 aromatic heterocycles. The zero-order valence-corrected chi connectivity index (χ0v) is 10.7. The Labute approximate surface area is 109 Å². The molecule has 0 heterocycles. The normalized spacial score (nSPS) is 10.8. The van der Waals surface area contributed by atoms with Gasteiger partial charge in [0, 0.05) is 6.54 Å². The topological polar surface area (TPSA) is 21.3 Å². The van der Waals surface area contributed by atoms with Gasteiger partial charge in [-0.1, -0.05) is 67.6 Å². The average molecular weight is 241 g/mol. The highest BCUT2D eigenvalue weighted by Crippen LogP contribution is 2.24. The minimum Gasteiger partial charge on any atom is -0.289 e. The zero-order valence-electron chi connectivity index (χ0n) is 10.7. The fourth-order valence-corrected chi connectivity index (χ4v) is 1.83. The van der Waals surface area contributed by atoms with Crippen LogP contribution in [0.15, 0.2) is 60.7 Å². The van der Waals surface area contributed by atoms with Crippen molar-refractivity contribution in [3.05, 3.63) is 71.8 Å². The van der Waals surface area contributed by atoms with Crippen LogP contribution in [0.2, 0.25) is 0 Å². The lowest BCUT2D eigenvalue weighted by Gasteiger charge is -2.18. The van der Waals surface area contributed by atoms with Crippen molar-refractivity contribution in [2.75, 3.05) is 6.54 Å². The molecule has 0 amide bonds. The highest BCUT2D eigenvalue weighted by atomic mass is 16.7. The Hall–Kier alpha value is -1.64. The molecule has 2 rings (SSSR count). The van der Waals surface area contributed by atoms with Crippen LogP contribution in [0.25, 0.3) is 0 Å². The van der Waals surface area contributed by atoms with Crippen LogP contribution in [0.1, 0.15) is 30.6 Å². The summed E-state index contributed by atoms with van der Waals surface area (Å²) in [5.41, 5.74) is 5.35. The second-order valence-electron chi connectivity index (χ2n) is 4.21. The summed E-state index contributed by atoms with van der Waals surface area (Å²) >= 11 is 0. The Balaban J connectivity index is 2.18. The van der Waals surface area contributed by atoms with Crippen LogP contribution in [-0.4, -0.2) is 6.54 Å². The van der Waals surface area contributed by atoms with Crippen molar-refractivity contribution in [2.45, 2.75) is 19.4 Å². The number of hydrogen-bond donors (Lipinski definition) is 1. The van der Waals surface area contributed by atoms with Gasteiger partial charge >= 0.3 is 0 Å². The van der Waals surface area contributed by atoms with Crippen LogP contribution in [0, 0.1) is 0 Å². The second kappa shape index (κ2) is 6.94. The minimum atomic E-state index is -0.0565. The molecule has 0 aliphatic rings. The van der Waals surface area contributed by atoms with Crippen LogP contribution in [0.5, 0.6) is 0 Å². The lowest BCUT2D eigenvalue weighted by Crippen LogP contribution is -2.20. The molecule has 0 radical (unpaired) electrons. The van der Waals surface area contributed by atoms with Crippen molar-refractivity contribution in [1.29, 1.82) is 0 Å². The Bertz CT molecular complexity index is 402. The van der Waals surface area contributed by atoms with Gasteiger partial charge in [-0.2, -0.15) is 0 Å². The number of hydroxylamine groups is 1. The molecule has 0 spiro atoms. The van der Waals surface area contributed by atoms with Crippen LogP contribution >= 0.6 is 0 Å². The molecule has 0 fully saturated rings. The number of rotatable bonds is 6. The van der Waals surface area contributed by atoms with Crippen molar-refractivity contribution in [1.82, 2.24) is 5.48 Å². The summed E-state index contributed by atoms with van der Waals surface area (Å²) in [4.78, 5) is 5.80. The van der Waals surface area contributed by atoms with Crippen molar-refractivity contribution < 1.29 is 4.84 Å². The molecule has 0 saturated heterocycles. The third-order valence-corrected chi connectivity index (χ3v) is 2.76. The molecular weight excluding hydrogens is 222 g/mol. The first kappa shape index (κ1) is 12.8. The summed E-state index contributed by atoms with van der Waals surface area (Å²) in [7, 11) is 0. The summed E-state index contributed by atoms with van der Waals surface area (Å²) in [5, 5.41) is 0. The minimum absolute atomic E-state index is 0.0565. The van der Waals surface area contributed by atoms with E-state index in [1.165, 1.54) is 0 Å². The Morgan fingerprint density at radius 3 is 1.83 bits per heavy atom. The molecule has 0 atom stereocenters. The standard InChI is InChI=1S/C16H19NO/c1-2-13-17-18-16(14-9-5-3-6-10-14)15-11-7-4-8-12-15/h3-12,16-17H,2,13H2,1H3. The quantitative estimate of drug-likeness (QED) is 0.615. The van der Waals surface area contributed by atoms with E-state index in [4.69, 9.17) is 4.84 Å². The van der Waals surface area contributed by atoms with Crippen LogP contribution in [0.3, 0.4) is 0 Å². The molecule has 0 aliphatic carbocycles. The Morgan fingerprint density at radius 1 is 0.889 bits per heavy atom. The molecule has 0 aliphatic heterocycles. The van der Waals surface area contributed by atoms with E-state index in [1.54, 1.807) is 0 Å². The zero-order chi connectivity index (χ0) is 12.6. The molecule has 0 saturated carbocycles. The van der Waals surface area contributed by atoms with Gasteiger partial charge in [0.05, 0.1) is 0 Å². The van der Waals surface area contributed by atoms with Gasteiger partial charge in [-0.25, -0.2) is 5.48 Å². The van der Waals surface area contributed by atoms with E-state index in [1.807, 2.05) is 36.4 Å². The third kappa shape index (κ3) is 3.42. The largest absolute Gasteiger partial charge is 0.289 e. The predicted molar refractivity (Wildman–Crippen MR) is 74.1 cm³/mol. The van der Waals surface area contributed by atoms with Gasteiger partial charge in [-0.05, 0) is 17.5 Å². The van der Waals surface area contributed by atoms with E-state index in [9.17, 15) is 0 Å². The van der Waals surface area contributed by atoms with Gasteiger partial charge in [-0.15, -0.1) is 0 Å². The van der Waals surface area contributed by atoms with Gasteiger partial charge in [0.25, 0.3) is 0 Å². The summed E-state index contributed by atoms with van der Waals surface area (Å²) < 4.78 is 0. The van der Waals surface area contributed by atoms with Gasteiger partial charge in [-0.3, -0.25) is 4.84 Å². The SMILES string of the molecule is CCCNOC(c1ccccc1)c1ccccc1. The first-order chi connectivity index (χ1) is 8.92. The molecule has 18 heavy (non-hydrogen) atoms. The molecular formula is C16H19NO. The van der Waals surface area contributed by atoms with E-state index in [0.717, 1.165) is 24.1 Å². The van der Waals surface area contributed by atoms with E-state index < -0.39 is 0 Å². The average Bonchev–Trinajstić information content (AvgIpc) is 2.46. The summed E-state index contributed by atoms with van der Waals surface area (Å²) in [6.45, 7) is 2.98. The number of benzene rings is 2. The van der Waals surface area contributed by atoms with E-state index in [0.29, 0.717) is 0 Å². The second-order valence-corrected chi connectivity index (χ2v) is 4.21. The third-order valence-electron chi connectivity index (χ3n) is 2.76. The van der Waals surface area contributed by atoms with Gasteiger partial charge in [0.1, 0.15) is 6.10 Å². The number of nitrogens with one attached hydrogen (secondary N) is 1. The smallest absolute Gasteiger partial charge is 0.129 e. The maximum absolute atomic E-state index is 5.80. The predicted octanol–water partition coefficient (Wildman–Crippen LogP) is 3.71.